The van der Waals surface area contributed by atoms with Gasteiger partial charge >= 0.3 is 0 Å². The fourth-order valence-electron chi connectivity index (χ4n) is 8.27. The molecule has 0 bridgehead atoms. The number of hydrogen-bond acceptors (Lipinski definition) is 1. The van der Waals surface area contributed by atoms with Crippen LogP contribution in [0.1, 0.15) is 25.0 Å². The van der Waals surface area contributed by atoms with E-state index in [0.29, 0.717) is 0 Å². The summed E-state index contributed by atoms with van der Waals surface area (Å²) in [5.74, 6) is 0. The summed E-state index contributed by atoms with van der Waals surface area (Å²) < 4.78 is 4.82. The van der Waals surface area contributed by atoms with Crippen LogP contribution in [-0.2, 0) is 5.41 Å². The predicted molar refractivity (Wildman–Crippen MR) is 196 cm³/mol. The van der Waals surface area contributed by atoms with Crippen molar-refractivity contribution in [2.75, 3.05) is 0 Å². The summed E-state index contributed by atoms with van der Waals surface area (Å²) in [6.45, 7) is 4.76. The Morgan fingerprint density at radius 3 is 2.15 bits per heavy atom. The normalized spacial score (nSPS) is 13.5. The maximum absolute atomic E-state index is 4.93. The van der Waals surface area contributed by atoms with Crippen LogP contribution >= 0.6 is 0 Å². The van der Waals surface area contributed by atoms with Gasteiger partial charge in [0.15, 0.2) is 0 Å². The Balaban J connectivity index is 1.26. The predicted octanol–water partition coefficient (Wildman–Crippen LogP) is 11.2. The zero-order chi connectivity index (χ0) is 31.3. The van der Waals surface area contributed by atoms with Crippen LogP contribution in [0.15, 0.2) is 152 Å². The highest BCUT2D eigenvalue weighted by molar-refractivity contribution is 6.14. The van der Waals surface area contributed by atoms with Crippen molar-refractivity contribution < 1.29 is 0 Å². The third-order valence-electron chi connectivity index (χ3n) is 10.3. The highest BCUT2D eigenvalue weighted by atomic mass is 15.0. The Kier molecular flexibility index (Phi) is 5.34. The second kappa shape index (κ2) is 9.54. The van der Waals surface area contributed by atoms with Gasteiger partial charge in [0.05, 0.1) is 16.6 Å². The van der Waals surface area contributed by atoms with Gasteiger partial charge in [0.25, 0.3) is 0 Å². The Labute approximate surface area is 273 Å². The molecule has 0 unspecified atom stereocenters. The first-order chi connectivity index (χ1) is 23.1. The van der Waals surface area contributed by atoms with Gasteiger partial charge in [0.2, 0.25) is 0 Å². The molecule has 1 aliphatic rings. The molecule has 47 heavy (non-hydrogen) atoms. The smallest absolute Gasteiger partial charge is 0.145 e. The number of nitrogens with zero attached hydrogens (tertiary/aromatic N) is 3. The molecule has 3 heteroatoms. The summed E-state index contributed by atoms with van der Waals surface area (Å²) in [5.41, 5.74) is 14.6. The molecule has 222 valence electrons. The second-order valence-corrected chi connectivity index (χ2v) is 13.2. The molecule has 0 aliphatic heterocycles. The average molecular weight is 602 g/mol. The lowest BCUT2D eigenvalue weighted by Crippen LogP contribution is -2.16. The van der Waals surface area contributed by atoms with E-state index in [0.717, 1.165) is 27.9 Å². The molecule has 0 N–H and O–H groups in total. The van der Waals surface area contributed by atoms with Gasteiger partial charge in [-0.2, -0.15) is 0 Å². The molecule has 0 saturated carbocycles. The van der Waals surface area contributed by atoms with Crippen LogP contribution in [0, 0.1) is 0 Å². The van der Waals surface area contributed by atoms with Crippen molar-refractivity contribution in [3.8, 4) is 33.6 Å². The van der Waals surface area contributed by atoms with Gasteiger partial charge in [-0.1, -0.05) is 111 Å². The number of pyridine rings is 1. The fraction of sp³-hybridized carbons (Fsp3) is 0.0682. The van der Waals surface area contributed by atoms with Gasteiger partial charge in [0, 0.05) is 44.5 Å². The van der Waals surface area contributed by atoms with E-state index in [-0.39, 0.29) is 5.41 Å². The van der Waals surface area contributed by atoms with E-state index in [1.807, 2.05) is 12.3 Å². The van der Waals surface area contributed by atoms with Crippen molar-refractivity contribution in [3.05, 3.63) is 163 Å². The molecule has 3 aromatic heterocycles. The lowest BCUT2D eigenvalue weighted by Gasteiger charge is -2.23. The maximum Gasteiger partial charge on any atom is 0.145 e. The monoisotopic (exact) mass is 601 g/mol. The minimum atomic E-state index is -0.134. The van der Waals surface area contributed by atoms with Crippen LogP contribution in [0.25, 0.3) is 77.4 Å². The van der Waals surface area contributed by atoms with Crippen molar-refractivity contribution in [3.63, 3.8) is 0 Å². The molecule has 10 rings (SSSR count). The Bertz CT molecular complexity index is 2710. The largest absolute Gasteiger partial charge is 0.309 e. The summed E-state index contributed by atoms with van der Waals surface area (Å²) in [6.07, 6.45) is 1.90. The number of rotatable bonds is 3. The molecular formula is C44H31N3. The van der Waals surface area contributed by atoms with E-state index in [1.54, 1.807) is 0 Å². The van der Waals surface area contributed by atoms with Gasteiger partial charge < -0.3 is 4.57 Å². The molecule has 1 aliphatic carbocycles. The van der Waals surface area contributed by atoms with E-state index < -0.39 is 0 Å². The number of fused-ring (bicyclic) bond motifs is 10. The van der Waals surface area contributed by atoms with Crippen molar-refractivity contribution in [1.29, 1.82) is 0 Å². The van der Waals surface area contributed by atoms with Crippen LogP contribution in [0.4, 0.5) is 0 Å². The number of benzene rings is 6. The molecule has 0 spiro atoms. The summed E-state index contributed by atoms with van der Waals surface area (Å²) >= 11 is 0. The van der Waals surface area contributed by atoms with Gasteiger partial charge in [0.1, 0.15) is 5.65 Å². The van der Waals surface area contributed by atoms with Crippen molar-refractivity contribution in [1.82, 2.24) is 14.1 Å². The van der Waals surface area contributed by atoms with Crippen molar-refractivity contribution in [2.24, 2.45) is 0 Å². The molecule has 6 aromatic carbocycles. The number of para-hydroxylation sites is 1. The second-order valence-electron chi connectivity index (χ2n) is 13.2. The van der Waals surface area contributed by atoms with Gasteiger partial charge in [-0.05, 0) is 81.9 Å². The molecule has 9 aromatic rings. The molecule has 0 amide bonds. The van der Waals surface area contributed by atoms with Crippen LogP contribution in [0.5, 0.6) is 0 Å². The van der Waals surface area contributed by atoms with E-state index in [1.165, 1.54) is 60.6 Å². The molecule has 0 radical (unpaired) electrons. The Morgan fingerprint density at radius 1 is 0.489 bits per heavy atom. The summed E-state index contributed by atoms with van der Waals surface area (Å²) in [7, 11) is 0. The number of aromatic nitrogens is 3. The highest BCUT2D eigenvalue weighted by Crippen LogP contribution is 2.53. The molecule has 3 nitrogen and oxygen atoms in total. The molecular weight excluding hydrogens is 571 g/mol. The summed E-state index contributed by atoms with van der Waals surface area (Å²) in [5, 5.41) is 4.91. The third kappa shape index (κ3) is 3.60. The SMILES string of the molecule is CC1(C)c2ccccc2-c2ccc3c4ccccc4n(-c4ccc5c(c4)c4cccnc4n5-c4cccc(-c5ccccc5)c4)c3c21. The van der Waals surface area contributed by atoms with E-state index in [9.17, 15) is 0 Å². The van der Waals surface area contributed by atoms with Crippen LogP contribution in [0.2, 0.25) is 0 Å². The average Bonchev–Trinajstić information content (AvgIpc) is 3.72. The summed E-state index contributed by atoms with van der Waals surface area (Å²) in [4.78, 5) is 4.93. The van der Waals surface area contributed by atoms with Gasteiger partial charge in [-0.25, -0.2) is 4.98 Å². The lowest BCUT2D eigenvalue weighted by atomic mass is 9.81. The quantitative estimate of drug-likeness (QED) is 0.198. The number of hydrogen-bond donors (Lipinski definition) is 0. The van der Waals surface area contributed by atoms with Crippen LogP contribution in [0.3, 0.4) is 0 Å². The maximum atomic E-state index is 4.93. The van der Waals surface area contributed by atoms with Crippen LogP contribution in [-0.4, -0.2) is 14.1 Å². The molecule has 0 fully saturated rings. The summed E-state index contributed by atoms with van der Waals surface area (Å²) in [6, 6.07) is 53.0. The first-order valence-corrected chi connectivity index (χ1v) is 16.3. The highest BCUT2D eigenvalue weighted by Gasteiger charge is 2.38. The zero-order valence-corrected chi connectivity index (χ0v) is 26.3. The van der Waals surface area contributed by atoms with Gasteiger partial charge in [-0.15, -0.1) is 0 Å². The minimum absolute atomic E-state index is 0.134. The first kappa shape index (κ1) is 26.3. The van der Waals surface area contributed by atoms with Crippen molar-refractivity contribution in [2.45, 2.75) is 19.3 Å². The third-order valence-corrected chi connectivity index (χ3v) is 10.3. The molecule has 0 saturated heterocycles. The zero-order valence-electron chi connectivity index (χ0n) is 26.3. The van der Waals surface area contributed by atoms with Gasteiger partial charge in [-0.3, -0.25) is 4.57 Å². The first-order valence-electron chi connectivity index (χ1n) is 16.3. The standard InChI is InChI=1S/C44H31N3/c1-44(2)38-19-8-6-16-32(38)34-22-23-35-33-17-7-9-20-39(33)46(42(35)41(34)44)31-21-24-40-37(27-31)36-18-11-25-45-43(36)47(40)30-15-10-14-29(26-30)28-12-4-3-5-13-28/h3-27H,1-2H3. The fourth-order valence-corrected chi connectivity index (χ4v) is 8.27. The molecule has 3 heterocycles. The lowest BCUT2D eigenvalue weighted by molar-refractivity contribution is 0.664. The van der Waals surface area contributed by atoms with Crippen LogP contribution < -0.4 is 0 Å². The molecule has 0 atom stereocenters. The minimum Gasteiger partial charge on any atom is -0.309 e. The van der Waals surface area contributed by atoms with E-state index in [4.69, 9.17) is 4.98 Å². The Morgan fingerprint density at radius 2 is 1.23 bits per heavy atom. The topological polar surface area (TPSA) is 22.8 Å². The van der Waals surface area contributed by atoms with E-state index >= 15 is 0 Å². The van der Waals surface area contributed by atoms with Crippen molar-refractivity contribution >= 4 is 43.7 Å². The Hall–Kier alpha value is -5.93. The van der Waals surface area contributed by atoms with E-state index in [2.05, 4.69) is 163 Å².